The third-order valence-electron chi connectivity index (χ3n) is 2.99. The first-order valence-electron chi connectivity index (χ1n) is 6.01. The fourth-order valence-electron chi connectivity index (χ4n) is 2.12. The number of carboxylic acid groups (broad SMARTS) is 1. The van der Waals surface area contributed by atoms with Crippen LogP contribution in [-0.4, -0.2) is 16.1 Å². The van der Waals surface area contributed by atoms with E-state index in [0.717, 1.165) is 10.6 Å². The minimum Gasteiger partial charge on any atom is -0.477 e. The molecule has 0 saturated carbocycles. The molecule has 21 heavy (non-hydrogen) atoms. The van der Waals surface area contributed by atoms with Crippen LogP contribution < -0.4 is 0 Å². The van der Waals surface area contributed by atoms with Gasteiger partial charge in [-0.1, -0.05) is 29.3 Å². The maximum atomic E-state index is 11.5. The highest BCUT2D eigenvalue weighted by molar-refractivity contribution is 7.13. The van der Waals surface area contributed by atoms with Crippen molar-refractivity contribution in [3.63, 3.8) is 0 Å². The van der Waals surface area contributed by atoms with Crippen molar-refractivity contribution in [3.05, 3.63) is 57.5 Å². The smallest absolute Gasteiger partial charge is 0.352 e. The van der Waals surface area contributed by atoms with E-state index < -0.39 is 5.97 Å². The number of carbonyl (C=O) groups is 1. The SMILES string of the molecule is O=C(O)c1[nH]c(-c2cccs2)cc1-c1cc(Cl)cc(Cl)c1. The molecule has 0 aliphatic rings. The van der Waals surface area contributed by atoms with Gasteiger partial charge in [-0.2, -0.15) is 0 Å². The lowest BCUT2D eigenvalue weighted by molar-refractivity contribution is 0.0692. The molecule has 1 aromatic carbocycles. The van der Waals surface area contributed by atoms with E-state index in [-0.39, 0.29) is 5.69 Å². The summed E-state index contributed by atoms with van der Waals surface area (Å²) in [5, 5.41) is 12.3. The molecule has 0 spiro atoms. The number of aromatic carboxylic acids is 1. The summed E-state index contributed by atoms with van der Waals surface area (Å²) in [5.74, 6) is -1.02. The van der Waals surface area contributed by atoms with Crippen molar-refractivity contribution in [2.24, 2.45) is 0 Å². The molecule has 0 bridgehead atoms. The average molecular weight is 338 g/mol. The van der Waals surface area contributed by atoms with E-state index in [2.05, 4.69) is 4.98 Å². The van der Waals surface area contributed by atoms with Crippen LogP contribution in [0.4, 0.5) is 0 Å². The minimum atomic E-state index is -1.02. The summed E-state index contributed by atoms with van der Waals surface area (Å²) < 4.78 is 0. The Balaban J connectivity index is 2.19. The van der Waals surface area contributed by atoms with Crippen molar-refractivity contribution in [3.8, 4) is 21.7 Å². The van der Waals surface area contributed by atoms with Gasteiger partial charge in [-0.3, -0.25) is 0 Å². The van der Waals surface area contributed by atoms with Crippen molar-refractivity contribution < 1.29 is 9.90 Å². The van der Waals surface area contributed by atoms with Gasteiger partial charge < -0.3 is 10.1 Å². The van der Waals surface area contributed by atoms with Crippen molar-refractivity contribution in [2.75, 3.05) is 0 Å². The van der Waals surface area contributed by atoms with E-state index in [1.54, 1.807) is 24.3 Å². The molecule has 0 atom stereocenters. The van der Waals surface area contributed by atoms with E-state index in [0.29, 0.717) is 21.2 Å². The molecule has 0 fully saturated rings. The van der Waals surface area contributed by atoms with Crippen LogP contribution in [0.25, 0.3) is 21.7 Å². The molecule has 0 radical (unpaired) electrons. The van der Waals surface area contributed by atoms with Gasteiger partial charge >= 0.3 is 5.97 Å². The molecule has 0 aliphatic heterocycles. The Morgan fingerprint density at radius 2 is 1.86 bits per heavy atom. The maximum absolute atomic E-state index is 11.5. The Bertz CT molecular complexity index is 789. The predicted molar refractivity (Wildman–Crippen MR) is 86.5 cm³/mol. The fourth-order valence-corrected chi connectivity index (χ4v) is 3.35. The zero-order chi connectivity index (χ0) is 15.0. The van der Waals surface area contributed by atoms with E-state index in [1.165, 1.54) is 11.3 Å². The van der Waals surface area contributed by atoms with Crippen molar-refractivity contribution in [1.82, 2.24) is 4.98 Å². The number of thiophene rings is 1. The van der Waals surface area contributed by atoms with Gasteiger partial charge in [0.2, 0.25) is 0 Å². The highest BCUT2D eigenvalue weighted by Gasteiger charge is 2.18. The van der Waals surface area contributed by atoms with Crippen LogP contribution in [0.15, 0.2) is 41.8 Å². The molecular weight excluding hydrogens is 329 g/mol. The first-order valence-corrected chi connectivity index (χ1v) is 7.65. The summed E-state index contributed by atoms with van der Waals surface area (Å²) in [6.07, 6.45) is 0. The van der Waals surface area contributed by atoms with Gasteiger partial charge in [0.1, 0.15) is 5.69 Å². The number of hydrogen-bond donors (Lipinski definition) is 2. The maximum Gasteiger partial charge on any atom is 0.352 e. The van der Waals surface area contributed by atoms with E-state index >= 15 is 0 Å². The predicted octanol–water partition coefficient (Wildman–Crippen LogP) is 5.42. The Hall–Kier alpha value is -1.75. The lowest BCUT2D eigenvalue weighted by Crippen LogP contribution is -1.98. The average Bonchev–Trinajstić information content (AvgIpc) is 3.06. The third-order valence-corrected chi connectivity index (χ3v) is 4.33. The van der Waals surface area contributed by atoms with Gasteiger partial charge in [-0.25, -0.2) is 4.79 Å². The standard InChI is InChI=1S/C15H9Cl2NO2S/c16-9-4-8(5-10(17)6-9)11-7-12(13-2-1-3-21-13)18-14(11)15(19)20/h1-7,18H,(H,19,20). The number of nitrogens with one attached hydrogen (secondary N) is 1. The number of benzene rings is 1. The number of rotatable bonds is 3. The van der Waals surface area contributed by atoms with Crippen molar-refractivity contribution >= 4 is 40.5 Å². The molecule has 3 aromatic rings. The lowest BCUT2D eigenvalue weighted by Gasteiger charge is -2.02. The summed E-state index contributed by atoms with van der Waals surface area (Å²) in [5.41, 5.74) is 2.12. The second-order valence-electron chi connectivity index (χ2n) is 4.41. The zero-order valence-electron chi connectivity index (χ0n) is 10.6. The largest absolute Gasteiger partial charge is 0.477 e. The second-order valence-corrected chi connectivity index (χ2v) is 6.23. The van der Waals surface area contributed by atoms with E-state index in [4.69, 9.17) is 23.2 Å². The minimum absolute atomic E-state index is 0.122. The molecule has 0 unspecified atom stereocenters. The molecule has 3 rings (SSSR count). The van der Waals surface area contributed by atoms with Crippen LogP contribution in [0.1, 0.15) is 10.5 Å². The molecular formula is C15H9Cl2NO2S. The second kappa shape index (κ2) is 5.56. The van der Waals surface area contributed by atoms with E-state index in [9.17, 15) is 9.90 Å². The number of aromatic nitrogens is 1. The molecule has 2 heterocycles. The molecule has 0 amide bonds. The van der Waals surface area contributed by atoms with E-state index in [1.807, 2.05) is 17.5 Å². The number of H-pyrrole nitrogens is 1. The quantitative estimate of drug-likeness (QED) is 0.670. The highest BCUT2D eigenvalue weighted by atomic mass is 35.5. The zero-order valence-corrected chi connectivity index (χ0v) is 12.9. The van der Waals surface area contributed by atoms with Crippen LogP contribution >= 0.6 is 34.5 Å². The third kappa shape index (κ3) is 2.83. The Morgan fingerprint density at radius 3 is 2.43 bits per heavy atom. The molecule has 0 aliphatic carbocycles. The van der Waals surface area contributed by atoms with Gasteiger partial charge in [0, 0.05) is 15.6 Å². The van der Waals surface area contributed by atoms with Crippen LogP contribution in [0.2, 0.25) is 10.0 Å². The van der Waals surface area contributed by atoms with Gasteiger partial charge in [-0.15, -0.1) is 11.3 Å². The molecule has 6 heteroatoms. The molecule has 0 saturated heterocycles. The molecule has 106 valence electrons. The van der Waals surface area contributed by atoms with Crippen LogP contribution in [0.3, 0.4) is 0 Å². The Morgan fingerprint density at radius 1 is 1.14 bits per heavy atom. The van der Waals surface area contributed by atoms with Gasteiger partial charge in [-0.05, 0) is 41.3 Å². The lowest BCUT2D eigenvalue weighted by atomic mass is 10.1. The Kier molecular flexibility index (Phi) is 3.76. The number of carboxylic acids is 1. The molecule has 2 aromatic heterocycles. The summed E-state index contributed by atoms with van der Waals surface area (Å²) in [7, 11) is 0. The van der Waals surface area contributed by atoms with Crippen molar-refractivity contribution in [2.45, 2.75) is 0 Å². The summed E-state index contributed by atoms with van der Waals surface area (Å²) >= 11 is 13.5. The topological polar surface area (TPSA) is 53.1 Å². The van der Waals surface area contributed by atoms with Gasteiger partial charge in [0.15, 0.2) is 0 Å². The summed E-state index contributed by atoms with van der Waals surface area (Å²) in [4.78, 5) is 15.4. The normalized spacial score (nSPS) is 10.8. The fraction of sp³-hybridized carbons (Fsp3) is 0. The van der Waals surface area contributed by atoms with Crippen LogP contribution in [0.5, 0.6) is 0 Å². The summed E-state index contributed by atoms with van der Waals surface area (Å²) in [6, 6.07) is 10.6. The molecule has 2 N–H and O–H groups in total. The first-order chi connectivity index (χ1) is 10.0. The van der Waals surface area contributed by atoms with Crippen LogP contribution in [-0.2, 0) is 0 Å². The van der Waals surface area contributed by atoms with Gasteiger partial charge in [0.25, 0.3) is 0 Å². The molecule has 3 nitrogen and oxygen atoms in total. The first kappa shape index (κ1) is 14.2. The van der Waals surface area contributed by atoms with Crippen molar-refractivity contribution in [1.29, 1.82) is 0 Å². The van der Waals surface area contributed by atoms with Crippen LogP contribution in [0, 0.1) is 0 Å². The number of aromatic amines is 1. The monoisotopic (exact) mass is 337 g/mol. The number of hydrogen-bond acceptors (Lipinski definition) is 2. The highest BCUT2D eigenvalue weighted by Crippen LogP contribution is 2.34. The summed E-state index contributed by atoms with van der Waals surface area (Å²) in [6.45, 7) is 0. The van der Waals surface area contributed by atoms with Gasteiger partial charge in [0.05, 0.1) is 10.6 Å². The Labute approximate surface area is 134 Å². The number of halogens is 2.